The summed E-state index contributed by atoms with van der Waals surface area (Å²) in [4.78, 5) is 34.9. The summed E-state index contributed by atoms with van der Waals surface area (Å²) in [6, 6.07) is 0. The highest BCUT2D eigenvalue weighted by molar-refractivity contribution is 6.11. The molecule has 6 heteroatoms. The average molecular weight is 245 g/mol. The molecule has 0 aliphatic heterocycles. The summed E-state index contributed by atoms with van der Waals surface area (Å²) in [5, 5.41) is 2.37. The molecule has 0 aromatic carbocycles. The van der Waals surface area contributed by atoms with Gasteiger partial charge in [-0.15, -0.1) is 0 Å². The van der Waals surface area contributed by atoms with Crippen LogP contribution in [0.2, 0.25) is 0 Å². The number of carbonyl (C=O) groups excluding carboxylic acids is 3. The second-order valence-corrected chi connectivity index (χ2v) is 3.52. The molecule has 0 rings (SSSR count). The molecule has 98 valence electrons. The highest BCUT2D eigenvalue weighted by atomic mass is 16.5. The third kappa shape index (κ3) is 3.81. The smallest absolute Gasteiger partial charge is 0.339 e. The fourth-order valence-electron chi connectivity index (χ4n) is 1.47. The van der Waals surface area contributed by atoms with E-state index in [0.717, 1.165) is 0 Å². The Morgan fingerprint density at radius 3 is 2.18 bits per heavy atom. The van der Waals surface area contributed by atoms with E-state index < -0.39 is 23.2 Å². The van der Waals surface area contributed by atoms with Gasteiger partial charge in [0.15, 0.2) is 11.3 Å². The average Bonchev–Trinajstić information content (AvgIpc) is 2.26. The van der Waals surface area contributed by atoms with Crippen molar-refractivity contribution in [1.29, 1.82) is 0 Å². The molecule has 0 fully saturated rings. The van der Waals surface area contributed by atoms with Crippen molar-refractivity contribution in [3.05, 3.63) is 0 Å². The first-order valence-corrected chi connectivity index (χ1v) is 5.42. The number of ketones is 1. The lowest BCUT2D eigenvalue weighted by atomic mass is 9.90. The minimum absolute atomic E-state index is 0.119. The van der Waals surface area contributed by atoms with Gasteiger partial charge in [-0.1, -0.05) is 6.92 Å². The fraction of sp³-hybridized carbons (Fsp3) is 0.727. The first kappa shape index (κ1) is 15.6. The van der Waals surface area contributed by atoms with Crippen LogP contribution in [0.25, 0.3) is 0 Å². The van der Waals surface area contributed by atoms with Crippen molar-refractivity contribution in [3.63, 3.8) is 0 Å². The van der Waals surface area contributed by atoms with Crippen molar-refractivity contribution < 1.29 is 23.9 Å². The molecular formula is C11H19NO5. The Labute approximate surface area is 101 Å². The van der Waals surface area contributed by atoms with Gasteiger partial charge in [0.25, 0.3) is 0 Å². The molecular weight excluding hydrogens is 226 g/mol. The zero-order valence-electron chi connectivity index (χ0n) is 10.7. The maximum absolute atomic E-state index is 11.9. The van der Waals surface area contributed by atoms with Crippen LogP contribution in [0.1, 0.15) is 27.2 Å². The van der Waals surface area contributed by atoms with Crippen LogP contribution in [0, 0.1) is 0 Å². The van der Waals surface area contributed by atoms with E-state index in [1.165, 1.54) is 14.0 Å². The second kappa shape index (κ2) is 7.01. The first-order valence-electron chi connectivity index (χ1n) is 5.42. The van der Waals surface area contributed by atoms with Crippen LogP contribution in [0.5, 0.6) is 0 Å². The van der Waals surface area contributed by atoms with Crippen molar-refractivity contribution >= 4 is 17.7 Å². The lowest BCUT2D eigenvalue weighted by Gasteiger charge is -2.29. The number of hydrogen-bond acceptors (Lipinski definition) is 5. The standard InChI is InChI=1S/C11H19NO5/c1-5-11(12-8(3)13,9(14)7-16-4)10(15)17-6-2/h5-7H2,1-4H3,(H,12,13). The molecule has 0 aliphatic rings. The van der Waals surface area contributed by atoms with E-state index in [9.17, 15) is 14.4 Å². The summed E-state index contributed by atoms with van der Waals surface area (Å²) >= 11 is 0. The summed E-state index contributed by atoms with van der Waals surface area (Å²) in [7, 11) is 1.34. The first-order chi connectivity index (χ1) is 7.94. The maximum Gasteiger partial charge on any atom is 0.339 e. The summed E-state index contributed by atoms with van der Waals surface area (Å²) in [6.07, 6.45) is 0.119. The molecule has 0 aliphatic carbocycles. The third-order valence-corrected chi connectivity index (χ3v) is 2.30. The molecule has 0 saturated heterocycles. The van der Waals surface area contributed by atoms with Gasteiger partial charge in [0.05, 0.1) is 6.61 Å². The van der Waals surface area contributed by atoms with Crippen LogP contribution in [-0.2, 0) is 23.9 Å². The van der Waals surface area contributed by atoms with E-state index in [-0.39, 0.29) is 19.6 Å². The van der Waals surface area contributed by atoms with E-state index in [4.69, 9.17) is 9.47 Å². The van der Waals surface area contributed by atoms with E-state index in [0.29, 0.717) is 0 Å². The van der Waals surface area contributed by atoms with Crippen LogP contribution in [0.4, 0.5) is 0 Å². The van der Waals surface area contributed by atoms with E-state index in [1.54, 1.807) is 13.8 Å². The third-order valence-electron chi connectivity index (χ3n) is 2.30. The van der Waals surface area contributed by atoms with Gasteiger partial charge in [-0.25, -0.2) is 4.79 Å². The molecule has 6 nitrogen and oxygen atoms in total. The highest BCUT2D eigenvalue weighted by Crippen LogP contribution is 2.15. The lowest BCUT2D eigenvalue weighted by Crippen LogP contribution is -2.61. The number of ether oxygens (including phenoxy) is 2. The Kier molecular flexibility index (Phi) is 6.42. The molecule has 1 atom stereocenters. The molecule has 1 amide bonds. The molecule has 0 bridgehead atoms. The van der Waals surface area contributed by atoms with Crippen molar-refractivity contribution in [1.82, 2.24) is 5.32 Å². The molecule has 0 saturated carbocycles. The monoisotopic (exact) mass is 245 g/mol. The van der Waals surface area contributed by atoms with Crippen LogP contribution in [0.3, 0.4) is 0 Å². The summed E-state index contributed by atoms with van der Waals surface area (Å²) in [6.45, 7) is 4.38. The highest BCUT2D eigenvalue weighted by Gasteiger charge is 2.46. The largest absolute Gasteiger partial charge is 0.464 e. The molecule has 0 radical (unpaired) electrons. The SMILES string of the molecule is CCOC(=O)C(CC)(NC(C)=O)C(=O)COC. The van der Waals surface area contributed by atoms with Gasteiger partial charge in [0.2, 0.25) is 5.91 Å². The molecule has 1 N–H and O–H groups in total. The zero-order chi connectivity index (χ0) is 13.5. The Balaban J connectivity index is 5.19. The minimum atomic E-state index is -1.64. The van der Waals surface area contributed by atoms with Gasteiger partial charge in [-0.3, -0.25) is 9.59 Å². The van der Waals surface area contributed by atoms with Crippen molar-refractivity contribution in [2.24, 2.45) is 0 Å². The van der Waals surface area contributed by atoms with Crippen LogP contribution < -0.4 is 5.32 Å². The molecule has 17 heavy (non-hydrogen) atoms. The van der Waals surface area contributed by atoms with E-state index in [2.05, 4.69) is 5.32 Å². The zero-order valence-corrected chi connectivity index (χ0v) is 10.7. The number of rotatable bonds is 7. The van der Waals surface area contributed by atoms with Crippen LogP contribution in [-0.4, -0.2) is 43.5 Å². The molecule has 0 aromatic heterocycles. The molecule has 0 spiro atoms. The lowest BCUT2D eigenvalue weighted by molar-refractivity contribution is -0.158. The minimum Gasteiger partial charge on any atom is -0.464 e. The summed E-state index contributed by atoms with van der Waals surface area (Å²) < 4.78 is 9.55. The van der Waals surface area contributed by atoms with Gasteiger partial charge >= 0.3 is 5.97 Å². The molecule has 0 aromatic rings. The number of carbonyl (C=O) groups is 3. The van der Waals surface area contributed by atoms with Crippen LogP contribution in [0.15, 0.2) is 0 Å². The van der Waals surface area contributed by atoms with E-state index in [1.807, 2.05) is 0 Å². The predicted octanol–water partition coefficient (Wildman–Crippen LogP) is 0.0499. The normalized spacial score (nSPS) is 13.6. The summed E-state index contributed by atoms with van der Waals surface area (Å²) in [5.74, 6) is -1.74. The van der Waals surface area contributed by atoms with Crippen LogP contribution >= 0.6 is 0 Å². The van der Waals surface area contributed by atoms with Crippen molar-refractivity contribution in [2.45, 2.75) is 32.7 Å². The van der Waals surface area contributed by atoms with Gasteiger partial charge in [-0.2, -0.15) is 0 Å². The van der Waals surface area contributed by atoms with Crippen molar-refractivity contribution in [2.75, 3.05) is 20.3 Å². The Morgan fingerprint density at radius 1 is 1.24 bits per heavy atom. The quantitative estimate of drug-likeness (QED) is 0.506. The number of nitrogens with one attached hydrogen (secondary N) is 1. The van der Waals surface area contributed by atoms with E-state index >= 15 is 0 Å². The Bertz CT molecular complexity index is 282. The number of hydrogen-bond donors (Lipinski definition) is 1. The maximum atomic E-state index is 11.9. The number of methoxy groups -OCH3 is 1. The van der Waals surface area contributed by atoms with Crippen molar-refractivity contribution in [3.8, 4) is 0 Å². The predicted molar refractivity (Wildman–Crippen MR) is 60.4 cm³/mol. The number of esters is 1. The topological polar surface area (TPSA) is 81.7 Å². The summed E-state index contributed by atoms with van der Waals surface area (Å²) in [5.41, 5.74) is -1.64. The van der Waals surface area contributed by atoms with Gasteiger partial charge in [0.1, 0.15) is 6.61 Å². The number of Topliss-reactive ketones (excluding diaryl/α,β-unsaturated/α-hetero) is 1. The Morgan fingerprint density at radius 2 is 1.82 bits per heavy atom. The molecule has 1 unspecified atom stereocenters. The second-order valence-electron chi connectivity index (χ2n) is 3.52. The van der Waals surface area contributed by atoms with Gasteiger partial charge in [-0.05, 0) is 13.3 Å². The fourth-order valence-corrected chi connectivity index (χ4v) is 1.47. The number of amides is 1. The Hall–Kier alpha value is -1.43. The molecule has 0 heterocycles. The van der Waals surface area contributed by atoms with Gasteiger partial charge < -0.3 is 14.8 Å². The van der Waals surface area contributed by atoms with Gasteiger partial charge in [0, 0.05) is 14.0 Å².